The van der Waals surface area contributed by atoms with E-state index in [2.05, 4.69) is 21.0 Å². The van der Waals surface area contributed by atoms with E-state index < -0.39 is 6.10 Å². The van der Waals surface area contributed by atoms with Crippen LogP contribution in [0.3, 0.4) is 0 Å². The molecular weight excluding hydrogens is 330 g/mol. The molecule has 1 aliphatic rings. The summed E-state index contributed by atoms with van der Waals surface area (Å²) < 4.78 is 9.26. The molecule has 0 saturated carbocycles. The average Bonchev–Trinajstić information content (AvgIpc) is 3.27. The molecule has 1 N–H and O–H groups in total. The van der Waals surface area contributed by atoms with Crippen molar-refractivity contribution in [2.24, 2.45) is 7.05 Å². The number of rotatable bonds is 5. The van der Waals surface area contributed by atoms with Crippen LogP contribution in [0.1, 0.15) is 28.9 Å². The number of para-hydroxylation sites is 1. The van der Waals surface area contributed by atoms with Crippen LogP contribution in [0.5, 0.6) is 5.75 Å². The number of hydrogen-bond acceptors (Lipinski definition) is 5. The van der Waals surface area contributed by atoms with Gasteiger partial charge in [0.15, 0.2) is 6.10 Å². The van der Waals surface area contributed by atoms with Crippen molar-refractivity contribution in [3.8, 4) is 5.75 Å². The minimum absolute atomic E-state index is 0.603. The number of aliphatic hydroxyl groups excluding tert-OH is 1. The molecule has 0 bridgehead atoms. The Morgan fingerprint density at radius 2 is 2.12 bits per heavy atom. The summed E-state index contributed by atoms with van der Waals surface area (Å²) in [4.78, 5) is 6.59. The van der Waals surface area contributed by atoms with Gasteiger partial charge in [-0.15, -0.1) is 0 Å². The van der Waals surface area contributed by atoms with Gasteiger partial charge in [0, 0.05) is 44.6 Å². The second kappa shape index (κ2) is 6.93. The first kappa shape index (κ1) is 16.8. The molecule has 1 aromatic carbocycles. The molecule has 0 aliphatic carbocycles. The molecule has 0 spiro atoms. The topological polar surface area (TPSA) is 68.3 Å². The molecule has 136 valence electrons. The molecule has 0 radical (unpaired) electrons. The molecule has 0 amide bonds. The van der Waals surface area contributed by atoms with Crippen molar-refractivity contribution in [1.82, 2.24) is 24.2 Å². The molecule has 7 heteroatoms. The predicted molar refractivity (Wildman–Crippen MR) is 96.6 cm³/mol. The van der Waals surface area contributed by atoms with Gasteiger partial charge in [0.1, 0.15) is 11.6 Å². The summed E-state index contributed by atoms with van der Waals surface area (Å²) in [6.45, 7) is 3.33. The van der Waals surface area contributed by atoms with E-state index in [-0.39, 0.29) is 0 Å². The molecule has 0 saturated heterocycles. The molecular formula is C19H23N5O2. The molecule has 0 fully saturated rings. The van der Waals surface area contributed by atoms with Crippen LogP contribution >= 0.6 is 0 Å². The van der Waals surface area contributed by atoms with E-state index >= 15 is 0 Å². The van der Waals surface area contributed by atoms with E-state index in [1.54, 1.807) is 13.3 Å². The van der Waals surface area contributed by atoms with E-state index in [1.165, 1.54) is 5.56 Å². The van der Waals surface area contributed by atoms with Crippen LogP contribution in [-0.2, 0) is 26.7 Å². The molecule has 4 rings (SSSR count). The fourth-order valence-electron chi connectivity index (χ4n) is 3.46. The van der Waals surface area contributed by atoms with Crippen molar-refractivity contribution in [2.45, 2.75) is 25.7 Å². The predicted octanol–water partition coefficient (Wildman–Crippen LogP) is 1.72. The number of imidazole rings is 1. The number of nitrogens with zero attached hydrogens (tertiary/aromatic N) is 5. The van der Waals surface area contributed by atoms with Gasteiger partial charge >= 0.3 is 0 Å². The van der Waals surface area contributed by atoms with Gasteiger partial charge in [-0.05, 0) is 12.1 Å². The maximum absolute atomic E-state index is 10.6. The lowest BCUT2D eigenvalue weighted by atomic mass is 10.1. The van der Waals surface area contributed by atoms with Crippen LogP contribution in [-0.4, -0.2) is 43.0 Å². The summed E-state index contributed by atoms with van der Waals surface area (Å²) in [6.07, 6.45) is 2.70. The van der Waals surface area contributed by atoms with Gasteiger partial charge in [0.25, 0.3) is 0 Å². The van der Waals surface area contributed by atoms with Crippen molar-refractivity contribution in [3.05, 3.63) is 65.5 Å². The molecule has 26 heavy (non-hydrogen) atoms. The third kappa shape index (κ3) is 3.11. The van der Waals surface area contributed by atoms with Crippen LogP contribution < -0.4 is 4.74 Å². The zero-order valence-electron chi connectivity index (χ0n) is 15.0. The number of aromatic nitrogens is 4. The average molecular weight is 353 g/mol. The Morgan fingerprint density at radius 3 is 2.88 bits per heavy atom. The van der Waals surface area contributed by atoms with E-state index in [1.807, 2.05) is 46.8 Å². The maximum Gasteiger partial charge on any atom is 0.155 e. The van der Waals surface area contributed by atoms with Gasteiger partial charge in [-0.1, -0.05) is 18.2 Å². The smallest absolute Gasteiger partial charge is 0.155 e. The first-order chi connectivity index (χ1) is 12.7. The van der Waals surface area contributed by atoms with E-state index in [0.29, 0.717) is 11.5 Å². The summed E-state index contributed by atoms with van der Waals surface area (Å²) in [5.74, 6) is 1.52. The Balaban J connectivity index is 1.51. The third-order valence-corrected chi connectivity index (χ3v) is 4.87. The zero-order valence-corrected chi connectivity index (χ0v) is 15.0. The first-order valence-electron chi connectivity index (χ1n) is 8.72. The molecule has 3 aromatic rings. The van der Waals surface area contributed by atoms with Gasteiger partial charge in [0.2, 0.25) is 0 Å². The van der Waals surface area contributed by atoms with Crippen LogP contribution in [0.25, 0.3) is 0 Å². The number of ether oxygens (including phenoxy) is 1. The minimum Gasteiger partial charge on any atom is -0.496 e. The molecule has 1 atom stereocenters. The number of methoxy groups -OCH3 is 1. The number of fused-ring (bicyclic) bond motifs is 1. The lowest BCUT2D eigenvalue weighted by Crippen LogP contribution is -2.33. The number of benzene rings is 1. The second-order valence-electron chi connectivity index (χ2n) is 6.61. The van der Waals surface area contributed by atoms with E-state index in [0.717, 1.165) is 37.6 Å². The lowest BCUT2D eigenvalue weighted by molar-refractivity contribution is 0.193. The fourth-order valence-corrected chi connectivity index (χ4v) is 3.46. The van der Waals surface area contributed by atoms with Crippen molar-refractivity contribution in [3.63, 3.8) is 0 Å². The Labute approximate surface area is 152 Å². The monoisotopic (exact) mass is 353 g/mol. The Bertz CT molecular complexity index is 901. The first-order valence-corrected chi connectivity index (χ1v) is 8.72. The van der Waals surface area contributed by atoms with Crippen molar-refractivity contribution < 1.29 is 9.84 Å². The normalized spacial score (nSPS) is 15.7. The third-order valence-electron chi connectivity index (χ3n) is 4.87. The quantitative estimate of drug-likeness (QED) is 0.756. The SMILES string of the molecule is COc1ccccc1CN1CCn2nc([C@H](O)c3nccn3C)cc2C1. The lowest BCUT2D eigenvalue weighted by Gasteiger charge is -2.28. The molecule has 7 nitrogen and oxygen atoms in total. The summed E-state index contributed by atoms with van der Waals surface area (Å²) in [5.41, 5.74) is 2.93. The highest BCUT2D eigenvalue weighted by molar-refractivity contribution is 5.33. The van der Waals surface area contributed by atoms with Crippen LogP contribution in [0, 0.1) is 0 Å². The van der Waals surface area contributed by atoms with Gasteiger partial charge in [0.05, 0.1) is 25.0 Å². The summed E-state index contributed by atoms with van der Waals surface area (Å²) in [7, 11) is 3.58. The van der Waals surface area contributed by atoms with Crippen LogP contribution in [0.4, 0.5) is 0 Å². The maximum atomic E-state index is 10.6. The second-order valence-corrected chi connectivity index (χ2v) is 6.61. The molecule has 2 aromatic heterocycles. The van der Waals surface area contributed by atoms with Crippen molar-refractivity contribution in [2.75, 3.05) is 13.7 Å². The number of aryl methyl sites for hydroxylation is 1. The molecule has 1 aliphatic heterocycles. The van der Waals surface area contributed by atoms with Gasteiger partial charge < -0.3 is 14.4 Å². The van der Waals surface area contributed by atoms with E-state index in [4.69, 9.17) is 4.74 Å². The van der Waals surface area contributed by atoms with E-state index in [9.17, 15) is 5.11 Å². The Kier molecular flexibility index (Phi) is 4.48. The van der Waals surface area contributed by atoms with Gasteiger partial charge in [-0.2, -0.15) is 5.10 Å². The highest BCUT2D eigenvalue weighted by atomic mass is 16.5. The zero-order chi connectivity index (χ0) is 18.1. The molecule has 0 unspecified atom stereocenters. The van der Waals surface area contributed by atoms with Gasteiger partial charge in [-0.3, -0.25) is 9.58 Å². The fraction of sp³-hybridized carbons (Fsp3) is 0.368. The Morgan fingerprint density at radius 1 is 1.27 bits per heavy atom. The minimum atomic E-state index is -0.809. The summed E-state index contributed by atoms with van der Waals surface area (Å²) in [5, 5.41) is 15.2. The molecule has 3 heterocycles. The number of aliphatic hydroxyl groups is 1. The van der Waals surface area contributed by atoms with Crippen molar-refractivity contribution in [1.29, 1.82) is 0 Å². The summed E-state index contributed by atoms with van der Waals surface area (Å²) in [6, 6.07) is 10.1. The number of hydrogen-bond donors (Lipinski definition) is 1. The highest BCUT2D eigenvalue weighted by Gasteiger charge is 2.24. The Hall–Kier alpha value is -2.64. The van der Waals surface area contributed by atoms with Gasteiger partial charge in [-0.25, -0.2) is 4.98 Å². The standard InChI is InChI=1S/C19H23N5O2/c1-22-8-7-20-19(22)18(25)16-11-15-13-23(9-10-24(15)21-16)12-14-5-3-4-6-17(14)26-2/h3-8,11,18,25H,9-10,12-13H2,1-2H3/t18-/m0/s1. The van der Waals surface area contributed by atoms with Crippen LogP contribution in [0.15, 0.2) is 42.7 Å². The van der Waals surface area contributed by atoms with Crippen LogP contribution in [0.2, 0.25) is 0 Å². The van der Waals surface area contributed by atoms with Crippen molar-refractivity contribution >= 4 is 0 Å². The summed E-state index contributed by atoms with van der Waals surface area (Å²) >= 11 is 0. The highest BCUT2D eigenvalue weighted by Crippen LogP contribution is 2.25. The largest absolute Gasteiger partial charge is 0.496 e.